The number of likely N-dealkylation sites (tertiary alicyclic amines) is 1. The van der Waals surface area contributed by atoms with E-state index in [1.165, 1.54) is 4.90 Å². The molecule has 2 amide bonds. The molecule has 2 aromatic rings. The lowest BCUT2D eigenvalue weighted by atomic mass is 9.85. The lowest BCUT2D eigenvalue weighted by molar-refractivity contribution is -0.147. The molecule has 1 aromatic heterocycles. The topological polar surface area (TPSA) is 103 Å². The number of amides is 2. The number of nitrogens with zero attached hydrogens (tertiary/aromatic N) is 3. The molecule has 1 aromatic carbocycles. The van der Waals surface area contributed by atoms with E-state index in [0.717, 1.165) is 0 Å². The van der Waals surface area contributed by atoms with Crippen molar-refractivity contribution >= 4 is 29.4 Å². The maximum absolute atomic E-state index is 12.4. The molecule has 2 aliphatic rings. The van der Waals surface area contributed by atoms with Gasteiger partial charge >= 0.3 is 5.97 Å². The lowest BCUT2D eigenvalue weighted by Crippen LogP contribution is -2.33. The summed E-state index contributed by atoms with van der Waals surface area (Å²) in [6.45, 7) is -0.176. The summed E-state index contributed by atoms with van der Waals surface area (Å²) in [6.07, 6.45) is 4.91. The zero-order chi connectivity index (χ0) is 20.4. The van der Waals surface area contributed by atoms with Crippen molar-refractivity contribution in [2.45, 2.75) is 25.9 Å². The normalized spacial score (nSPS) is 20.8. The molecule has 0 bridgehead atoms. The number of aromatic nitrogens is 2. The van der Waals surface area contributed by atoms with Gasteiger partial charge in [0, 0.05) is 17.1 Å². The number of rotatable bonds is 6. The molecule has 0 unspecified atom stereocenters. The molecule has 1 saturated heterocycles. The van der Waals surface area contributed by atoms with Gasteiger partial charge in [-0.25, -0.2) is 0 Å². The fraction of sp³-hybridized carbons (Fsp3) is 0.350. The molecular weight excluding hydrogens is 398 g/mol. The second-order valence-electron chi connectivity index (χ2n) is 6.92. The van der Waals surface area contributed by atoms with Crippen LogP contribution in [0.15, 0.2) is 40.9 Å². The van der Waals surface area contributed by atoms with E-state index >= 15 is 0 Å². The van der Waals surface area contributed by atoms with Crippen LogP contribution in [0, 0.1) is 11.8 Å². The smallest absolute Gasteiger partial charge is 0.308 e. The number of esters is 1. The van der Waals surface area contributed by atoms with Crippen LogP contribution in [0.4, 0.5) is 0 Å². The van der Waals surface area contributed by atoms with Gasteiger partial charge in [0.25, 0.3) is 5.89 Å². The van der Waals surface area contributed by atoms with E-state index in [9.17, 15) is 14.4 Å². The number of allylic oxidation sites excluding steroid dienone is 2. The zero-order valence-corrected chi connectivity index (χ0v) is 16.2. The molecule has 0 saturated carbocycles. The molecule has 1 aliphatic heterocycles. The molecule has 150 valence electrons. The summed E-state index contributed by atoms with van der Waals surface area (Å²) in [4.78, 5) is 42.1. The number of hydrogen-bond donors (Lipinski definition) is 0. The van der Waals surface area contributed by atoms with Crippen LogP contribution in [0.1, 0.15) is 25.2 Å². The number of halogens is 1. The molecule has 0 spiro atoms. The Morgan fingerprint density at radius 3 is 2.62 bits per heavy atom. The van der Waals surface area contributed by atoms with Crippen LogP contribution >= 0.6 is 11.6 Å². The van der Waals surface area contributed by atoms with Crippen LogP contribution in [0.25, 0.3) is 11.4 Å². The Morgan fingerprint density at radius 2 is 1.93 bits per heavy atom. The third kappa shape index (κ3) is 4.07. The van der Waals surface area contributed by atoms with E-state index in [1.54, 1.807) is 24.3 Å². The Morgan fingerprint density at radius 1 is 1.21 bits per heavy atom. The van der Waals surface area contributed by atoms with E-state index in [0.29, 0.717) is 29.3 Å². The molecule has 4 rings (SSSR count). The van der Waals surface area contributed by atoms with Crippen LogP contribution in [0.3, 0.4) is 0 Å². The van der Waals surface area contributed by atoms with Crippen molar-refractivity contribution in [3.63, 3.8) is 0 Å². The number of hydrogen-bond acceptors (Lipinski definition) is 7. The van der Waals surface area contributed by atoms with E-state index in [2.05, 4.69) is 10.1 Å². The number of ether oxygens (including phenoxy) is 1. The number of fused-ring (bicyclic) bond motifs is 1. The highest BCUT2D eigenvalue weighted by atomic mass is 35.5. The third-order valence-corrected chi connectivity index (χ3v) is 5.28. The fourth-order valence-electron chi connectivity index (χ4n) is 3.57. The van der Waals surface area contributed by atoms with Gasteiger partial charge in [-0.1, -0.05) is 41.0 Å². The number of imide groups is 1. The van der Waals surface area contributed by atoms with Gasteiger partial charge in [-0.15, -0.1) is 0 Å². The Labute approximate surface area is 171 Å². The summed E-state index contributed by atoms with van der Waals surface area (Å²) in [5.41, 5.74) is 0.681. The first-order chi connectivity index (χ1) is 14.0. The van der Waals surface area contributed by atoms with Gasteiger partial charge in [0.15, 0.2) is 6.61 Å². The predicted molar refractivity (Wildman–Crippen MR) is 101 cm³/mol. The molecule has 29 heavy (non-hydrogen) atoms. The van der Waals surface area contributed by atoms with Crippen molar-refractivity contribution in [1.29, 1.82) is 0 Å². The van der Waals surface area contributed by atoms with Gasteiger partial charge < -0.3 is 9.26 Å². The van der Waals surface area contributed by atoms with Crippen LogP contribution in [-0.4, -0.2) is 39.4 Å². The quantitative estimate of drug-likeness (QED) is 0.406. The highest BCUT2D eigenvalue weighted by molar-refractivity contribution is 6.30. The molecule has 0 N–H and O–H groups in total. The van der Waals surface area contributed by atoms with E-state index in [1.807, 2.05) is 12.2 Å². The highest BCUT2D eigenvalue weighted by Gasteiger charge is 2.46. The molecule has 1 aliphatic carbocycles. The van der Waals surface area contributed by atoms with Crippen molar-refractivity contribution < 1.29 is 23.6 Å². The monoisotopic (exact) mass is 415 g/mol. The number of carbonyl (C=O) groups is 3. The predicted octanol–water partition coefficient (Wildman–Crippen LogP) is 2.77. The Kier molecular flexibility index (Phi) is 5.44. The molecule has 1 fully saturated rings. The highest BCUT2D eigenvalue weighted by Crippen LogP contribution is 2.35. The first-order valence-electron chi connectivity index (χ1n) is 9.27. The van der Waals surface area contributed by atoms with E-state index < -0.39 is 5.97 Å². The summed E-state index contributed by atoms with van der Waals surface area (Å²) in [6, 6.07) is 6.97. The van der Waals surface area contributed by atoms with Gasteiger partial charge in [0.2, 0.25) is 17.6 Å². The SMILES string of the molecule is O=C(CCN1C(=O)[C@H]2CC=CC[C@@H]2C1=O)OCc1nc(-c2cccc(Cl)c2)no1. The molecule has 2 heterocycles. The van der Waals surface area contributed by atoms with Crippen molar-refractivity contribution in [2.24, 2.45) is 11.8 Å². The molecular formula is C20H18ClN3O5. The number of carbonyl (C=O) groups excluding carboxylic acids is 3. The average molecular weight is 416 g/mol. The Balaban J connectivity index is 1.28. The summed E-state index contributed by atoms with van der Waals surface area (Å²) in [7, 11) is 0. The van der Waals surface area contributed by atoms with Gasteiger partial charge in [0.1, 0.15) is 0 Å². The van der Waals surface area contributed by atoms with Crippen molar-refractivity contribution in [1.82, 2.24) is 15.0 Å². The molecule has 8 nitrogen and oxygen atoms in total. The minimum atomic E-state index is -0.555. The Hall–Kier alpha value is -3.00. The van der Waals surface area contributed by atoms with Crippen LogP contribution in [-0.2, 0) is 25.7 Å². The first-order valence-corrected chi connectivity index (χ1v) is 9.65. The van der Waals surface area contributed by atoms with Crippen LogP contribution in [0.5, 0.6) is 0 Å². The standard InChI is InChI=1S/C20H18ClN3O5/c21-13-5-3-4-12(10-13)18-22-16(29-23-18)11-28-17(25)8-9-24-19(26)14-6-1-2-7-15(14)20(24)27/h1-5,10,14-15H,6-9,11H2/t14-,15-/m0/s1. The second-order valence-corrected chi connectivity index (χ2v) is 7.35. The lowest BCUT2D eigenvalue weighted by Gasteiger charge is -2.14. The molecule has 9 heteroatoms. The summed E-state index contributed by atoms with van der Waals surface area (Å²) >= 11 is 5.94. The van der Waals surface area contributed by atoms with E-state index in [-0.39, 0.29) is 49.1 Å². The van der Waals surface area contributed by atoms with Gasteiger partial charge in [0.05, 0.1) is 18.3 Å². The first kappa shape index (κ1) is 19.3. The summed E-state index contributed by atoms with van der Waals surface area (Å²) < 4.78 is 10.2. The third-order valence-electron chi connectivity index (χ3n) is 5.05. The van der Waals surface area contributed by atoms with Crippen LogP contribution < -0.4 is 0 Å². The summed E-state index contributed by atoms with van der Waals surface area (Å²) in [5, 5.41) is 4.38. The second kappa shape index (κ2) is 8.16. The van der Waals surface area contributed by atoms with Gasteiger partial charge in [-0.3, -0.25) is 19.3 Å². The minimum absolute atomic E-state index is 0.0150. The summed E-state index contributed by atoms with van der Waals surface area (Å²) in [5.74, 6) is -1.10. The average Bonchev–Trinajstić information content (AvgIpc) is 3.29. The maximum Gasteiger partial charge on any atom is 0.308 e. The van der Waals surface area contributed by atoms with Crippen molar-refractivity contribution in [3.8, 4) is 11.4 Å². The minimum Gasteiger partial charge on any atom is -0.456 e. The van der Waals surface area contributed by atoms with Gasteiger partial charge in [-0.05, 0) is 25.0 Å². The Bertz CT molecular complexity index is 960. The molecule has 2 atom stereocenters. The van der Waals surface area contributed by atoms with Gasteiger partial charge in [-0.2, -0.15) is 4.98 Å². The van der Waals surface area contributed by atoms with Crippen LogP contribution in [0.2, 0.25) is 5.02 Å². The zero-order valence-electron chi connectivity index (χ0n) is 15.4. The largest absolute Gasteiger partial charge is 0.456 e. The maximum atomic E-state index is 12.4. The van der Waals surface area contributed by atoms with Crippen molar-refractivity contribution in [2.75, 3.05) is 6.54 Å². The fourth-order valence-corrected chi connectivity index (χ4v) is 3.76. The van der Waals surface area contributed by atoms with Crippen molar-refractivity contribution in [3.05, 3.63) is 47.3 Å². The molecule has 0 radical (unpaired) electrons. The number of benzene rings is 1. The van der Waals surface area contributed by atoms with E-state index in [4.69, 9.17) is 20.9 Å².